The lowest BCUT2D eigenvalue weighted by atomic mass is 9.95. The van der Waals surface area contributed by atoms with E-state index in [4.69, 9.17) is 21.4 Å². The van der Waals surface area contributed by atoms with E-state index in [0.717, 1.165) is 0 Å². The average Bonchev–Trinajstić information content (AvgIpc) is 2.78. The van der Waals surface area contributed by atoms with Gasteiger partial charge in [0.2, 0.25) is 0 Å². The van der Waals surface area contributed by atoms with Crippen LogP contribution < -0.4 is 0 Å². The van der Waals surface area contributed by atoms with Crippen LogP contribution in [-0.4, -0.2) is 49.5 Å². The largest absolute Gasteiger partial charge is 0.394 e. The van der Waals surface area contributed by atoms with Gasteiger partial charge in [0.25, 0.3) is 0 Å². The zero-order chi connectivity index (χ0) is 13.7. The summed E-state index contributed by atoms with van der Waals surface area (Å²) in [6.45, 7) is 2.65. The van der Waals surface area contributed by atoms with Crippen molar-refractivity contribution in [2.45, 2.75) is 12.1 Å². The second kappa shape index (κ2) is 6.66. The number of hydrogen-bond acceptors (Lipinski definition) is 3. The van der Waals surface area contributed by atoms with E-state index in [1.165, 1.54) is 0 Å². The number of rotatable bonds is 6. The average molecular weight is 288 g/mol. The second-order valence-electron chi connectivity index (χ2n) is 4.84. The number of hydrogen-bond donors (Lipinski definition) is 1. The van der Waals surface area contributed by atoms with Crippen LogP contribution >= 0.6 is 11.6 Å². The molecule has 2 rings (SSSR count). The Labute approximate surface area is 117 Å². The smallest absolute Gasteiger partial charge is 0.149 e. The zero-order valence-corrected chi connectivity index (χ0v) is 11.6. The number of aliphatic hydroxyl groups excluding tert-OH is 1. The highest BCUT2D eigenvalue weighted by Gasteiger charge is 2.39. The molecule has 1 saturated heterocycles. The Hall–Kier alpha value is -0.680. The number of benzene rings is 1. The van der Waals surface area contributed by atoms with E-state index in [-0.39, 0.29) is 6.61 Å². The summed E-state index contributed by atoms with van der Waals surface area (Å²) in [5.74, 6) is 0. The summed E-state index contributed by atoms with van der Waals surface area (Å²) < 4.78 is 20.1. The molecule has 106 valence electrons. The topological polar surface area (TPSA) is 32.7 Å². The van der Waals surface area contributed by atoms with Crippen molar-refractivity contribution in [2.75, 3.05) is 39.5 Å². The van der Waals surface area contributed by atoms with Crippen molar-refractivity contribution in [1.29, 1.82) is 0 Å². The summed E-state index contributed by atoms with van der Waals surface area (Å²) in [5.41, 5.74) is -0.666. The van der Waals surface area contributed by atoms with E-state index in [2.05, 4.69) is 0 Å². The molecule has 1 atom stereocenters. The van der Waals surface area contributed by atoms with Gasteiger partial charge in [0.15, 0.2) is 0 Å². The molecule has 5 heteroatoms. The van der Waals surface area contributed by atoms with Crippen LogP contribution in [0.2, 0.25) is 5.02 Å². The van der Waals surface area contributed by atoms with Gasteiger partial charge in [-0.1, -0.05) is 23.7 Å². The first-order valence-electron chi connectivity index (χ1n) is 6.50. The normalized spacial score (nSPS) is 23.9. The SMILES string of the molecule is OCCOCCN1CCC(F)(c2cccc(Cl)c2)C1. The minimum absolute atomic E-state index is 0.0234. The van der Waals surface area contributed by atoms with Gasteiger partial charge in [0.05, 0.1) is 19.8 Å². The molecule has 1 aromatic rings. The molecular weight excluding hydrogens is 269 g/mol. The molecule has 0 aromatic heterocycles. The first-order valence-corrected chi connectivity index (χ1v) is 6.88. The maximum absolute atomic E-state index is 14.9. The summed E-state index contributed by atoms with van der Waals surface area (Å²) in [6.07, 6.45) is 0.480. The van der Waals surface area contributed by atoms with Crippen LogP contribution in [0.4, 0.5) is 4.39 Å². The molecule has 1 aromatic carbocycles. The van der Waals surface area contributed by atoms with Crippen LogP contribution in [0.25, 0.3) is 0 Å². The Morgan fingerprint density at radius 1 is 1.42 bits per heavy atom. The number of ether oxygens (including phenoxy) is 1. The van der Waals surface area contributed by atoms with Crippen molar-refractivity contribution < 1.29 is 14.2 Å². The van der Waals surface area contributed by atoms with Gasteiger partial charge >= 0.3 is 0 Å². The zero-order valence-electron chi connectivity index (χ0n) is 10.8. The molecule has 0 radical (unpaired) electrons. The molecule has 1 unspecified atom stereocenters. The van der Waals surface area contributed by atoms with Gasteiger partial charge in [-0.05, 0) is 24.1 Å². The summed E-state index contributed by atoms with van der Waals surface area (Å²) in [4.78, 5) is 2.04. The van der Waals surface area contributed by atoms with Gasteiger partial charge in [-0.3, -0.25) is 4.90 Å². The Bertz CT molecular complexity index is 418. The molecule has 3 nitrogen and oxygen atoms in total. The fourth-order valence-corrected chi connectivity index (χ4v) is 2.59. The number of alkyl halides is 1. The van der Waals surface area contributed by atoms with Crippen LogP contribution in [0, 0.1) is 0 Å². The first-order chi connectivity index (χ1) is 9.14. The lowest BCUT2D eigenvalue weighted by molar-refractivity contribution is 0.0733. The highest BCUT2D eigenvalue weighted by molar-refractivity contribution is 6.30. The molecule has 1 N–H and O–H groups in total. The lowest BCUT2D eigenvalue weighted by Gasteiger charge is -2.21. The molecule has 1 fully saturated rings. The number of aliphatic hydroxyl groups is 1. The maximum atomic E-state index is 14.9. The molecule has 0 saturated carbocycles. The van der Waals surface area contributed by atoms with Crippen molar-refractivity contribution in [2.24, 2.45) is 0 Å². The van der Waals surface area contributed by atoms with Crippen LogP contribution in [0.1, 0.15) is 12.0 Å². The van der Waals surface area contributed by atoms with Gasteiger partial charge in [-0.2, -0.15) is 0 Å². The summed E-state index contributed by atoms with van der Waals surface area (Å²) >= 11 is 5.92. The van der Waals surface area contributed by atoms with E-state index >= 15 is 0 Å². The molecule has 0 spiro atoms. The predicted octanol–water partition coefficient (Wildman–Crippen LogP) is 2.22. The highest BCUT2D eigenvalue weighted by Crippen LogP contribution is 2.36. The molecule has 0 aliphatic carbocycles. The van der Waals surface area contributed by atoms with Crippen LogP contribution in [0.3, 0.4) is 0 Å². The Morgan fingerprint density at radius 3 is 3.00 bits per heavy atom. The Balaban J connectivity index is 1.89. The highest BCUT2D eigenvalue weighted by atomic mass is 35.5. The number of likely N-dealkylation sites (tertiary alicyclic amines) is 1. The predicted molar refractivity (Wildman–Crippen MR) is 73.2 cm³/mol. The summed E-state index contributed by atoms with van der Waals surface area (Å²) in [7, 11) is 0. The molecule has 1 aliphatic rings. The van der Waals surface area contributed by atoms with Gasteiger partial charge < -0.3 is 9.84 Å². The standard InChI is InChI=1S/C14H19ClFNO2/c15-13-3-1-2-12(10-13)14(16)4-5-17(11-14)6-8-19-9-7-18/h1-3,10,18H,4-9,11H2. The van der Waals surface area contributed by atoms with Crippen LogP contribution in [0.15, 0.2) is 24.3 Å². The van der Waals surface area contributed by atoms with Crippen molar-refractivity contribution in [3.63, 3.8) is 0 Å². The van der Waals surface area contributed by atoms with E-state index in [1.807, 2.05) is 4.90 Å². The van der Waals surface area contributed by atoms with Gasteiger partial charge in [0.1, 0.15) is 5.67 Å². The van der Waals surface area contributed by atoms with Crippen LogP contribution in [0.5, 0.6) is 0 Å². The number of halogens is 2. The summed E-state index contributed by atoms with van der Waals surface area (Å²) in [5, 5.41) is 9.17. The maximum Gasteiger partial charge on any atom is 0.149 e. The first kappa shape index (κ1) is 14.7. The third-order valence-electron chi connectivity index (χ3n) is 3.43. The van der Waals surface area contributed by atoms with Crippen molar-refractivity contribution in [1.82, 2.24) is 4.90 Å². The fourth-order valence-electron chi connectivity index (χ4n) is 2.40. The minimum Gasteiger partial charge on any atom is -0.394 e. The molecule has 19 heavy (non-hydrogen) atoms. The second-order valence-corrected chi connectivity index (χ2v) is 5.27. The third kappa shape index (κ3) is 3.89. The molecule has 1 aliphatic heterocycles. The van der Waals surface area contributed by atoms with Crippen molar-refractivity contribution >= 4 is 11.6 Å². The van der Waals surface area contributed by atoms with E-state index < -0.39 is 5.67 Å². The van der Waals surface area contributed by atoms with Gasteiger partial charge in [-0.25, -0.2) is 4.39 Å². The van der Waals surface area contributed by atoms with E-state index in [1.54, 1.807) is 24.3 Å². The van der Waals surface area contributed by atoms with E-state index in [0.29, 0.717) is 49.9 Å². The molecule has 1 heterocycles. The molecule has 0 bridgehead atoms. The van der Waals surface area contributed by atoms with Crippen molar-refractivity contribution in [3.05, 3.63) is 34.9 Å². The van der Waals surface area contributed by atoms with Crippen LogP contribution in [-0.2, 0) is 10.4 Å². The minimum atomic E-state index is -1.32. The third-order valence-corrected chi connectivity index (χ3v) is 3.66. The fraction of sp³-hybridized carbons (Fsp3) is 0.571. The monoisotopic (exact) mass is 287 g/mol. The van der Waals surface area contributed by atoms with E-state index in [9.17, 15) is 4.39 Å². The Morgan fingerprint density at radius 2 is 2.26 bits per heavy atom. The lowest BCUT2D eigenvalue weighted by Crippen LogP contribution is -2.30. The quantitative estimate of drug-likeness (QED) is 0.815. The van der Waals surface area contributed by atoms with Gasteiger partial charge in [0, 0.05) is 24.7 Å². The summed E-state index contributed by atoms with van der Waals surface area (Å²) in [6, 6.07) is 7.03. The van der Waals surface area contributed by atoms with Crippen molar-refractivity contribution in [3.8, 4) is 0 Å². The molecule has 0 amide bonds. The molecular formula is C14H19ClFNO2. The number of nitrogens with zero attached hydrogens (tertiary/aromatic N) is 1. The van der Waals surface area contributed by atoms with Gasteiger partial charge in [-0.15, -0.1) is 0 Å². The Kier molecular flexibility index (Phi) is 5.16.